The van der Waals surface area contributed by atoms with Gasteiger partial charge in [0.2, 0.25) is 5.91 Å². The molecule has 0 unspecified atom stereocenters. The topological polar surface area (TPSA) is 83.4 Å². The van der Waals surface area contributed by atoms with E-state index in [-0.39, 0.29) is 18.2 Å². The van der Waals surface area contributed by atoms with Crippen LogP contribution in [0.4, 0.5) is 5.69 Å². The van der Waals surface area contributed by atoms with Crippen molar-refractivity contribution in [1.82, 2.24) is 0 Å². The second kappa shape index (κ2) is 8.79. The molecule has 2 amide bonds. The Hall–Kier alpha value is -2.70. The fourth-order valence-corrected chi connectivity index (χ4v) is 3.13. The minimum Gasteiger partial charge on any atom is -0.494 e. The molecule has 2 aromatic carbocycles. The SMILES string of the molecule is CCCOc1ccc(N2C(=O)C[C@H]([NH2+]C[C@@H](O)c3ccccc3)C2=O)cc1. The molecule has 1 fully saturated rings. The molecule has 2 atom stereocenters. The molecule has 2 aromatic rings. The Morgan fingerprint density at radius 1 is 1.15 bits per heavy atom. The minimum absolute atomic E-state index is 0.133. The van der Waals surface area contributed by atoms with Gasteiger partial charge >= 0.3 is 0 Å². The van der Waals surface area contributed by atoms with Gasteiger partial charge in [-0.2, -0.15) is 0 Å². The molecule has 6 nitrogen and oxygen atoms in total. The zero-order chi connectivity index (χ0) is 19.2. The number of carbonyl (C=O) groups excluding carboxylic acids is 2. The van der Waals surface area contributed by atoms with Gasteiger partial charge in [-0.05, 0) is 36.2 Å². The van der Waals surface area contributed by atoms with Crippen molar-refractivity contribution >= 4 is 17.5 Å². The van der Waals surface area contributed by atoms with Crippen molar-refractivity contribution in [2.24, 2.45) is 0 Å². The van der Waals surface area contributed by atoms with E-state index in [9.17, 15) is 14.7 Å². The number of benzene rings is 2. The van der Waals surface area contributed by atoms with Crippen LogP contribution in [0.15, 0.2) is 54.6 Å². The molecule has 142 valence electrons. The van der Waals surface area contributed by atoms with Gasteiger partial charge in [0, 0.05) is 0 Å². The molecule has 6 heteroatoms. The highest BCUT2D eigenvalue weighted by molar-refractivity contribution is 6.21. The number of nitrogens with two attached hydrogens (primary N) is 1. The fourth-order valence-electron chi connectivity index (χ4n) is 3.13. The highest BCUT2D eigenvalue weighted by atomic mass is 16.5. The molecular weight excluding hydrogens is 344 g/mol. The maximum Gasteiger partial charge on any atom is 0.292 e. The maximum absolute atomic E-state index is 12.7. The quantitative estimate of drug-likeness (QED) is 0.689. The van der Waals surface area contributed by atoms with Crippen molar-refractivity contribution in [2.45, 2.75) is 31.9 Å². The number of hydrogen-bond acceptors (Lipinski definition) is 4. The van der Waals surface area contributed by atoms with Gasteiger partial charge in [0.15, 0.2) is 6.04 Å². The molecule has 27 heavy (non-hydrogen) atoms. The summed E-state index contributed by atoms with van der Waals surface area (Å²) in [5, 5.41) is 12.0. The van der Waals surface area contributed by atoms with Gasteiger partial charge in [-0.1, -0.05) is 37.3 Å². The molecule has 1 aliphatic heterocycles. The average molecular weight is 369 g/mol. The van der Waals surface area contributed by atoms with E-state index >= 15 is 0 Å². The van der Waals surface area contributed by atoms with E-state index in [4.69, 9.17) is 4.74 Å². The number of anilines is 1. The number of quaternary nitrogens is 1. The molecular formula is C21H25N2O4+. The van der Waals surface area contributed by atoms with Gasteiger partial charge in [0.1, 0.15) is 18.4 Å². The summed E-state index contributed by atoms with van der Waals surface area (Å²) in [7, 11) is 0. The van der Waals surface area contributed by atoms with Crippen molar-refractivity contribution in [3.63, 3.8) is 0 Å². The Morgan fingerprint density at radius 3 is 2.52 bits per heavy atom. The lowest BCUT2D eigenvalue weighted by Gasteiger charge is -2.16. The minimum atomic E-state index is -0.682. The third-order valence-electron chi connectivity index (χ3n) is 4.58. The number of nitrogens with zero attached hydrogens (tertiary/aromatic N) is 1. The third-order valence-corrected chi connectivity index (χ3v) is 4.58. The number of rotatable bonds is 8. The third kappa shape index (κ3) is 4.53. The summed E-state index contributed by atoms with van der Waals surface area (Å²) in [6.07, 6.45) is 0.365. The molecule has 1 aliphatic rings. The molecule has 0 bridgehead atoms. The normalized spacial score (nSPS) is 18.0. The van der Waals surface area contributed by atoms with E-state index in [0.717, 1.165) is 12.0 Å². The first-order valence-electron chi connectivity index (χ1n) is 9.26. The van der Waals surface area contributed by atoms with Gasteiger partial charge in [-0.15, -0.1) is 0 Å². The van der Waals surface area contributed by atoms with Gasteiger partial charge in [0.25, 0.3) is 5.91 Å². The lowest BCUT2D eigenvalue weighted by atomic mass is 10.1. The van der Waals surface area contributed by atoms with Crippen LogP contribution >= 0.6 is 0 Å². The first-order chi connectivity index (χ1) is 13.1. The van der Waals surface area contributed by atoms with E-state index < -0.39 is 12.1 Å². The van der Waals surface area contributed by atoms with Crippen molar-refractivity contribution in [2.75, 3.05) is 18.1 Å². The fraction of sp³-hybridized carbons (Fsp3) is 0.333. The van der Waals surface area contributed by atoms with Gasteiger partial charge in [-0.3, -0.25) is 9.59 Å². The second-order valence-corrected chi connectivity index (χ2v) is 6.62. The van der Waals surface area contributed by atoms with Crippen LogP contribution in [-0.4, -0.2) is 36.1 Å². The van der Waals surface area contributed by atoms with Crippen molar-refractivity contribution in [3.8, 4) is 5.75 Å². The molecule has 0 aliphatic carbocycles. The summed E-state index contributed by atoms with van der Waals surface area (Å²) in [6.45, 7) is 2.98. The first-order valence-corrected chi connectivity index (χ1v) is 9.26. The van der Waals surface area contributed by atoms with Crippen LogP contribution in [0.5, 0.6) is 5.75 Å². The molecule has 0 aromatic heterocycles. The number of imide groups is 1. The molecule has 3 N–H and O–H groups in total. The summed E-state index contributed by atoms with van der Waals surface area (Å²) < 4.78 is 5.53. The van der Waals surface area contributed by atoms with E-state index in [0.29, 0.717) is 24.6 Å². The monoisotopic (exact) mass is 369 g/mol. The molecule has 3 rings (SSSR count). The summed E-state index contributed by atoms with van der Waals surface area (Å²) in [6, 6.07) is 15.8. The smallest absolute Gasteiger partial charge is 0.292 e. The Balaban J connectivity index is 1.61. The zero-order valence-electron chi connectivity index (χ0n) is 15.4. The predicted octanol–water partition coefficient (Wildman–Crippen LogP) is 1.40. The van der Waals surface area contributed by atoms with Crippen LogP contribution in [-0.2, 0) is 9.59 Å². The van der Waals surface area contributed by atoms with Gasteiger partial charge in [0.05, 0.1) is 18.7 Å². The van der Waals surface area contributed by atoms with Crippen molar-refractivity contribution in [1.29, 1.82) is 0 Å². The second-order valence-electron chi connectivity index (χ2n) is 6.62. The maximum atomic E-state index is 12.7. The Morgan fingerprint density at radius 2 is 1.85 bits per heavy atom. The first kappa shape index (κ1) is 19.1. The van der Waals surface area contributed by atoms with Gasteiger partial charge < -0.3 is 15.2 Å². The summed E-state index contributed by atoms with van der Waals surface area (Å²) >= 11 is 0. The molecule has 1 heterocycles. The van der Waals surface area contributed by atoms with Gasteiger partial charge in [-0.25, -0.2) is 4.90 Å². The molecule has 1 saturated heterocycles. The highest BCUT2D eigenvalue weighted by Crippen LogP contribution is 2.24. The van der Waals surface area contributed by atoms with Crippen LogP contribution in [0, 0.1) is 0 Å². The number of amides is 2. The van der Waals surface area contributed by atoms with Crippen LogP contribution in [0.2, 0.25) is 0 Å². The molecule has 0 saturated carbocycles. The van der Waals surface area contributed by atoms with Crippen LogP contribution in [0.3, 0.4) is 0 Å². The largest absolute Gasteiger partial charge is 0.494 e. The molecule has 0 radical (unpaired) electrons. The standard InChI is InChI=1S/C21H24N2O4/c1-2-12-27-17-10-8-16(9-11-17)23-20(25)13-18(21(23)26)22-14-19(24)15-6-4-3-5-7-15/h3-11,18-19,22,24H,2,12-14H2,1H3/p+1/t18-,19+/m0/s1. The number of hydrogen-bond donors (Lipinski definition) is 2. The van der Waals surface area contributed by atoms with E-state index in [1.165, 1.54) is 4.90 Å². The van der Waals surface area contributed by atoms with Crippen molar-refractivity contribution in [3.05, 3.63) is 60.2 Å². The highest BCUT2D eigenvalue weighted by Gasteiger charge is 2.42. The summed E-state index contributed by atoms with van der Waals surface area (Å²) in [5.41, 5.74) is 1.35. The lowest BCUT2D eigenvalue weighted by Crippen LogP contribution is -2.92. The predicted molar refractivity (Wildman–Crippen MR) is 101 cm³/mol. The zero-order valence-corrected chi connectivity index (χ0v) is 15.4. The summed E-state index contributed by atoms with van der Waals surface area (Å²) in [4.78, 5) is 26.3. The molecule has 0 spiro atoms. The van der Waals surface area contributed by atoms with E-state index in [1.54, 1.807) is 29.6 Å². The lowest BCUT2D eigenvalue weighted by molar-refractivity contribution is -0.681. The number of aliphatic hydroxyl groups is 1. The summed E-state index contributed by atoms with van der Waals surface area (Å²) in [5.74, 6) is 0.244. The number of ether oxygens (including phenoxy) is 1. The van der Waals surface area contributed by atoms with Crippen molar-refractivity contribution < 1.29 is 24.7 Å². The van der Waals surface area contributed by atoms with Crippen LogP contribution < -0.4 is 15.0 Å². The number of carbonyl (C=O) groups is 2. The Kier molecular flexibility index (Phi) is 6.21. The van der Waals surface area contributed by atoms with E-state index in [2.05, 4.69) is 0 Å². The average Bonchev–Trinajstić information content (AvgIpc) is 2.99. The van der Waals surface area contributed by atoms with E-state index in [1.807, 2.05) is 37.3 Å². The Labute approximate surface area is 158 Å². The number of aliphatic hydroxyl groups excluding tert-OH is 1. The Bertz CT molecular complexity index is 777. The van der Waals surface area contributed by atoms with Crippen LogP contribution in [0.25, 0.3) is 0 Å². The van der Waals surface area contributed by atoms with Crippen LogP contribution in [0.1, 0.15) is 31.4 Å².